The van der Waals surface area contributed by atoms with Crippen LogP contribution >= 0.6 is 0 Å². The van der Waals surface area contributed by atoms with Crippen molar-refractivity contribution in [2.75, 3.05) is 13.2 Å². The van der Waals surface area contributed by atoms with Gasteiger partial charge in [0.05, 0.1) is 13.2 Å². The monoisotopic (exact) mass is 364 g/mol. The second kappa shape index (κ2) is 7.69. The number of hydrogen-bond acceptors (Lipinski definition) is 7. The van der Waals surface area contributed by atoms with Crippen LogP contribution in [0, 0.1) is 0 Å². The van der Waals surface area contributed by atoms with Crippen LogP contribution in [0.5, 0.6) is 11.5 Å². The SMILES string of the molecule is O=c1oc2c(OCCCOc3ccccc3)cccc2cc1-c1nn[nH]n1. The Morgan fingerprint density at radius 1 is 1.00 bits per heavy atom. The van der Waals surface area contributed by atoms with Gasteiger partial charge in [0.1, 0.15) is 11.3 Å². The van der Waals surface area contributed by atoms with Gasteiger partial charge in [-0.2, -0.15) is 5.21 Å². The molecule has 4 aromatic rings. The maximum Gasteiger partial charge on any atom is 0.347 e. The van der Waals surface area contributed by atoms with E-state index in [1.165, 1.54) is 0 Å². The zero-order valence-electron chi connectivity index (χ0n) is 14.3. The number of ether oxygens (including phenoxy) is 2. The molecule has 0 radical (unpaired) electrons. The van der Waals surface area contributed by atoms with Crippen molar-refractivity contribution in [3.05, 3.63) is 65.0 Å². The van der Waals surface area contributed by atoms with Crippen LogP contribution in [0.1, 0.15) is 6.42 Å². The van der Waals surface area contributed by atoms with Crippen molar-refractivity contribution in [2.45, 2.75) is 6.42 Å². The second-order valence-electron chi connectivity index (χ2n) is 5.72. The van der Waals surface area contributed by atoms with E-state index < -0.39 is 5.63 Å². The van der Waals surface area contributed by atoms with Crippen molar-refractivity contribution in [2.24, 2.45) is 0 Å². The van der Waals surface area contributed by atoms with E-state index in [1.54, 1.807) is 12.1 Å². The standard InChI is InChI=1S/C19H16N4O4/c24-19-15(18-20-22-23-21-18)12-13-6-4-9-16(17(13)27-19)26-11-5-10-25-14-7-2-1-3-8-14/h1-4,6-9,12H,5,10-11H2,(H,20,21,22,23). The Morgan fingerprint density at radius 3 is 2.67 bits per heavy atom. The average Bonchev–Trinajstić information content (AvgIpc) is 3.23. The van der Waals surface area contributed by atoms with E-state index in [9.17, 15) is 4.79 Å². The van der Waals surface area contributed by atoms with Gasteiger partial charge in [0.15, 0.2) is 11.3 Å². The second-order valence-corrected chi connectivity index (χ2v) is 5.72. The minimum absolute atomic E-state index is 0.190. The number of nitrogens with zero attached hydrogens (tertiary/aromatic N) is 3. The molecule has 136 valence electrons. The van der Waals surface area contributed by atoms with Crippen molar-refractivity contribution in [3.8, 4) is 22.9 Å². The van der Waals surface area contributed by atoms with E-state index in [2.05, 4.69) is 20.6 Å². The number of para-hydroxylation sites is 2. The zero-order chi connectivity index (χ0) is 18.5. The molecule has 8 heteroatoms. The van der Waals surface area contributed by atoms with Crippen LogP contribution in [-0.2, 0) is 0 Å². The van der Waals surface area contributed by atoms with Crippen molar-refractivity contribution in [1.29, 1.82) is 0 Å². The number of fused-ring (bicyclic) bond motifs is 1. The average molecular weight is 364 g/mol. The molecule has 0 atom stereocenters. The summed E-state index contributed by atoms with van der Waals surface area (Å²) in [6.45, 7) is 0.961. The van der Waals surface area contributed by atoms with E-state index in [0.717, 1.165) is 5.75 Å². The molecule has 0 aliphatic rings. The molecule has 0 saturated carbocycles. The fourth-order valence-corrected chi connectivity index (χ4v) is 2.61. The molecule has 4 rings (SSSR count). The summed E-state index contributed by atoms with van der Waals surface area (Å²) in [5.74, 6) is 1.52. The highest BCUT2D eigenvalue weighted by Gasteiger charge is 2.14. The van der Waals surface area contributed by atoms with Crippen molar-refractivity contribution < 1.29 is 13.9 Å². The van der Waals surface area contributed by atoms with Gasteiger partial charge >= 0.3 is 5.63 Å². The molecule has 1 N–H and O–H groups in total. The maximum atomic E-state index is 12.3. The molecule has 0 saturated heterocycles. The van der Waals surface area contributed by atoms with Crippen LogP contribution < -0.4 is 15.1 Å². The Labute approximate surface area is 153 Å². The Bertz CT molecular complexity index is 1080. The fourth-order valence-electron chi connectivity index (χ4n) is 2.61. The number of benzene rings is 2. The van der Waals surface area contributed by atoms with Crippen molar-refractivity contribution in [3.63, 3.8) is 0 Å². The van der Waals surface area contributed by atoms with Crippen LogP contribution in [0.4, 0.5) is 0 Å². The van der Waals surface area contributed by atoms with Gasteiger partial charge in [0.2, 0.25) is 5.82 Å². The highest BCUT2D eigenvalue weighted by molar-refractivity contribution is 5.85. The lowest BCUT2D eigenvalue weighted by molar-refractivity contribution is 0.247. The summed E-state index contributed by atoms with van der Waals surface area (Å²) in [4.78, 5) is 12.3. The topological polar surface area (TPSA) is 103 Å². The predicted octanol–water partition coefficient (Wildman–Crippen LogP) is 2.82. The lowest BCUT2D eigenvalue weighted by Gasteiger charge is -2.09. The number of rotatable bonds is 7. The summed E-state index contributed by atoms with van der Waals surface area (Å²) in [6, 6.07) is 16.7. The van der Waals surface area contributed by atoms with Gasteiger partial charge < -0.3 is 13.9 Å². The molecule has 0 fully saturated rings. The summed E-state index contributed by atoms with van der Waals surface area (Å²) < 4.78 is 16.9. The van der Waals surface area contributed by atoms with E-state index in [1.807, 2.05) is 42.5 Å². The first-order valence-corrected chi connectivity index (χ1v) is 8.42. The normalized spacial score (nSPS) is 10.8. The van der Waals surface area contributed by atoms with Crippen LogP contribution in [0.25, 0.3) is 22.4 Å². The van der Waals surface area contributed by atoms with Crippen molar-refractivity contribution >= 4 is 11.0 Å². The Balaban J connectivity index is 1.44. The van der Waals surface area contributed by atoms with Gasteiger partial charge in [-0.3, -0.25) is 0 Å². The van der Waals surface area contributed by atoms with Gasteiger partial charge in [0, 0.05) is 11.8 Å². The van der Waals surface area contributed by atoms with Crippen LogP contribution in [0.15, 0.2) is 63.8 Å². The van der Waals surface area contributed by atoms with Crippen LogP contribution in [0.2, 0.25) is 0 Å². The summed E-state index contributed by atoms with van der Waals surface area (Å²) in [5.41, 5.74) is 0.0794. The van der Waals surface area contributed by atoms with Crippen LogP contribution in [-0.4, -0.2) is 33.8 Å². The van der Waals surface area contributed by atoms with Gasteiger partial charge in [0.25, 0.3) is 0 Å². The van der Waals surface area contributed by atoms with Crippen molar-refractivity contribution in [1.82, 2.24) is 20.6 Å². The molecule has 27 heavy (non-hydrogen) atoms. The molecule has 0 aliphatic carbocycles. The molecule has 0 aliphatic heterocycles. The first-order valence-electron chi connectivity index (χ1n) is 8.42. The minimum Gasteiger partial charge on any atom is -0.493 e. The Morgan fingerprint density at radius 2 is 1.85 bits per heavy atom. The van der Waals surface area contributed by atoms with Gasteiger partial charge in [-0.25, -0.2) is 4.79 Å². The molecule has 2 heterocycles. The number of aromatic amines is 1. The summed E-state index contributed by atoms with van der Waals surface area (Å²) in [7, 11) is 0. The molecular formula is C19H16N4O4. The zero-order valence-corrected chi connectivity index (χ0v) is 14.3. The van der Waals surface area contributed by atoms with E-state index in [4.69, 9.17) is 13.9 Å². The number of tetrazole rings is 1. The smallest absolute Gasteiger partial charge is 0.347 e. The molecule has 0 spiro atoms. The number of H-pyrrole nitrogens is 1. The van der Waals surface area contributed by atoms with Crippen LogP contribution in [0.3, 0.4) is 0 Å². The van der Waals surface area contributed by atoms with Gasteiger partial charge in [-0.05, 0) is 29.5 Å². The third-order valence-electron chi connectivity index (χ3n) is 3.87. The first-order chi connectivity index (χ1) is 13.3. The lowest BCUT2D eigenvalue weighted by atomic mass is 10.1. The Hall–Kier alpha value is -3.68. The summed E-state index contributed by atoms with van der Waals surface area (Å²) in [6.07, 6.45) is 0.691. The third-order valence-corrected chi connectivity index (χ3v) is 3.87. The molecule has 0 bridgehead atoms. The molecule has 2 aromatic heterocycles. The van der Waals surface area contributed by atoms with Gasteiger partial charge in [-0.1, -0.05) is 30.3 Å². The van der Waals surface area contributed by atoms with Gasteiger partial charge in [-0.15, -0.1) is 10.2 Å². The van der Waals surface area contributed by atoms with E-state index in [-0.39, 0.29) is 11.4 Å². The Kier molecular flexibility index (Phi) is 4.78. The van der Waals surface area contributed by atoms with E-state index in [0.29, 0.717) is 36.4 Å². The number of aromatic nitrogens is 4. The number of hydrogen-bond donors (Lipinski definition) is 1. The van der Waals surface area contributed by atoms with E-state index >= 15 is 0 Å². The lowest BCUT2D eigenvalue weighted by Crippen LogP contribution is -2.07. The predicted molar refractivity (Wildman–Crippen MR) is 97.7 cm³/mol. The quantitative estimate of drug-likeness (QED) is 0.397. The maximum absolute atomic E-state index is 12.3. The molecular weight excluding hydrogens is 348 g/mol. The number of nitrogens with one attached hydrogen (secondary N) is 1. The molecule has 2 aromatic carbocycles. The first kappa shape index (κ1) is 16.8. The molecule has 0 unspecified atom stereocenters. The molecule has 0 amide bonds. The highest BCUT2D eigenvalue weighted by Crippen LogP contribution is 2.26. The molecule has 8 nitrogen and oxygen atoms in total. The largest absolute Gasteiger partial charge is 0.493 e. The summed E-state index contributed by atoms with van der Waals surface area (Å²) >= 11 is 0. The highest BCUT2D eigenvalue weighted by atomic mass is 16.5. The third kappa shape index (κ3) is 3.79. The fraction of sp³-hybridized carbons (Fsp3) is 0.158. The summed E-state index contributed by atoms with van der Waals surface area (Å²) in [5, 5.41) is 14.1. The minimum atomic E-state index is -0.549.